The molecule has 0 unspecified atom stereocenters. The molecule has 0 radical (unpaired) electrons. The molecule has 3 nitrogen and oxygen atoms in total. The first-order chi connectivity index (χ1) is 8.92. The monoisotopic (exact) mass is 233 g/mol. The molecule has 4 rings (SSSR count). The van der Waals surface area contributed by atoms with Crippen LogP contribution in [0.4, 0.5) is 0 Å². The average Bonchev–Trinajstić information content (AvgIpc) is 3.04. The smallest absolute Gasteiger partial charge is 0.0651 e. The Bertz CT molecular complexity index is 839. The number of benzene rings is 2. The highest BCUT2D eigenvalue weighted by Gasteiger charge is 2.03. The van der Waals surface area contributed by atoms with Crippen LogP contribution in [0.25, 0.3) is 27.5 Å². The number of nitrogens with zero attached hydrogens (tertiary/aromatic N) is 2. The minimum absolute atomic E-state index is 1.07. The van der Waals surface area contributed by atoms with Crippen LogP contribution in [0.5, 0.6) is 0 Å². The summed E-state index contributed by atoms with van der Waals surface area (Å²) >= 11 is 0. The molecule has 2 heterocycles. The zero-order valence-electron chi connectivity index (χ0n) is 9.67. The molecule has 18 heavy (non-hydrogen) atoms. The number of H-pyrrole nitrogens is 1. The highest BCUT2D eigenvalue weighted by Crippen LogP contribution is 2.22. The second kappa shape index (κ2) is 3.47. The summed E-state index contributed by atoms with van der Waals surface area (Å²) in [6.45, 7) is 0. The zero-order chi connectivity index (χ0) is 11.9. The van der Waals surface area contributed by atoms with Crippen molar-refractivity contribution >= 4 is 21.8 Å². The van der Waals surface area contributed by atoms with Crippen molar-refractivity contribution in [3.8, 4) is 5.69 Å². The van der Waals surface area contributed by atoms with Crippen molar-refractivity contribution < 1.29 is 0 Å². The molecule has 0 aliphatic carbocycles. The summed E-state index contributed by atoms with van der Waals surface area (Å²) in [6.07, 6.45) is 3.95. The third-order valence-corrected chi connectivity index (χ3v) is 3.30. The van der Waals surface area contributed by atoms with Crippen molar-refractivity contribution in [3.05, 3.63) is 60.9 Å². The van der Waals surface area contributed by atoms with Crippen LogP contribution in [0.2, 0.25) is 0 Å². The number of nitrogens with one attached hydrogen (secondary N) is 1. The SMILES string of the molecule is c1ccc2c(c1)ccn2-c1ccc2[nH]ncc2c1. The fourth-order valence-corrected chi connectivity index (χ4v) is 2.39. The highest BCUT2D eigenvalue weighted by molar-refractivity contribution is 5.84. The van der Waals surface area contributed by atoms with Crippen LogP contribution in [-0.2, 0) is 0 Å². The maximum Gasteiger partial charge on any atom is 0.0651 e. The molecule has 2 aromatic carbocycles. The fourth-order valence-electron chi connectivity index (χ4n) is 2.39. The van der Waals surface area contributed by atoms with Gasteiger partial charge in [0.05, 0.1) is 17.2 Å². The van der Waals surface area contributed by atoms with Crippen LogP contribution in [0.15, 0.2) is 60.9 Å². The van der Waals surface area contributed by atoms with Gasteiger partial charge in [-0.05, 0) is 35.7 Å². The molecule has 86 valence electrons. The molecule has 0 amide bonds. The van der Waals surface area contributed by atoms with Gasteiger partial charge < -0.3 is 4.57 Å². The van der Waals surface area contributed by atoms with Crippen LogP contribution < -0.4 is 0 Å². The number of rotatable bonds is 1. The summed E-state index contributed by atoms with van der Waals surface area (Å²) in [7, 11) is 0. The molecule has 2 aromatic heterocycles. The minimum Gasteiger partial charge on any atom is -0.317 e. The second-order valence-electron chi connectivity index (χ2n) is 4.39. The Kier molecular flexibility index (Phi) is 1.83. The van der Waals surface area contributed by atoms with Gasteiger partial charge in [-0.15, -0.1) is 0 Å². The first-order valence-corrected chi connectivity index (χ1v) is 5.91. The molecule has 0 aliphatic heterocycles. The van der Waals surface area contributed by atoms with E-state index in [1.165, 1.54) is 10.9 Å². The molecule has 0 saturated carbocycles. The molecule has 0 aliphatic rings. The Labute approximate surface area is 104 Å². The topological polar surface area (TPSA) is 33.6 Å². The van der Waals surface area contributed by atoms with Gasteiger partial charge in [0.15, 0.2) is 0 Å². The number of aromatic nitrogens is 3. The molecule has 1 N–H and O–H groups in total. The van der Waals surface area contributed by atoms with E-state index in [1.54, 1.807) is 0 Å². The minimum atomic E-state index is 1.07. The number of hydrogen-bond donors (Lipinski definition) is 1. The molecule has 4 aromatic rings. The van der Waals surface area contributed by atoms with Crippen molar-refractivity contribution in [1.29, 1.82) is 0 Å². The molecular weight excluding hydrogens is 222 g/mol. The van der Waals surface area contributed by atoms with Gasteiger partial charge in [-0.1, -0.05) is 18.2 Å². The maximum atomic E-state index is 4.05. The van der Waals surface area contributed by atoms with E-state index in [9.17, 15) is 0 Å². The Morgan fingerprint density at radius 3 is 2.89 bits per heavy atom. The molecule has 3 heteroatoms. The Morgan fingerprint density at radius 2 is 1.89 bits per heavy atom. The highest BCUT2D eigenvalue weighted by atomic mass is 15.1. The van der Waals surface area contributed by atoms with Gasteiger partial charge in [0.2, 0.25) is 0 Å². The van der Waals surface area contributed by atoms with Crippen LogP contribution in [0.3, 0.4) is 0 Å². The lowest BCUT2D eigenvalue weighted by Crippen LogP contribution is -1.90. The van der Waals surface area contributed by atoms with Gasteiger partial charge in [-0.25, -0.2) is 0 Å². The number of hydrogen-bond acceptors (Lipinski definition) is 1. The Morgan fingerprint density at radius 1 is 0.944 bits per heavy atom. The third kappa shape index (κ3) is 1.27. The lowest BCUT2D eigenvalue weighted by Gasteiger charge is -2.05. The third-order valence-electron chi connectivity index (χ3n) is 3.30. The van der Waals surface area contributed by atoms with Gasteiger partial charge >= 0.3 is 0 Å². The predicted molar refractivity (Wildman–Crippen MR) is 72.9 cm³/mol. The number of para-hydroxylation sites is 1. The molecule has 0 atom stereocenters. The molecular formula is C15H11N3. The van der Waals surface area contributed by atoms with E-state index in [0.29, 0.717) is 0 Å². The average molecular weight is 233 g/mol. The summed E-state index contributed by atoms with van der Waals surface area (Å²) < 4.78 is 2.20. The molecule has 0 saturated heterocycles. The van der Waals surface area contributed by atoms with Crippen molar-refractivity contribution in [2.45, 2.75) is 0 Å². The van der Waals surface area contributed by atoms with E-state index >= 15 is 0 Å². The van der Waals surface area contributed by atoms with Crippen LogP contribution in [0.1, 0.15) is 0 Å². The first kappa shape index (κ1) is 9.48. The van der Waals surface area contributed by atoms with E-state index in [1.807, 2.05) is 6.20 Å². The second-order valence-corrected chi connectivity index (χ2v) is 4.39. The Balaban J connectivity index is 2.00. The normalized spacial score (nSPS) is 11.3. The Hall–Kier alpha value is -2.55. The number of fused-ring (bicyclic) bond motifs is 2. The largest absolute Gasteiger partial charge is 0.317 e. The van der Waals surface area contributed by atoms with E-state index in [4.69, 9.17) is 0 Å². The van der Waals surface area contributed by atoms with E-state index in [-0.39, 0.29) is 0 Å². The van der Waals surface area contributed by atoms with Crippen LogP contribution >= 0.6 is 0 Å². The fraction of sp³-hybridized carbons (Fsp3) is 0. The van der Waals surface area contributed by atoms with E-state index in [2.05, 4.69) is 69.5 Å². The summed E-state index contributed by atoms with van der Waals surface area (Å²) in [5, 5.41) is 9.41. The van der Waals surface area contributed by atoms with Crippen molar-refractivity contribution in [2.24, 2.45) is 0 Å². The van der Waals surface area contributed by atoms with Crippen molar-refractivity contribution in [1.82, 2.24) is 14.8 Å². The first-order valence-electron chi connectivity index (χ1n) is 5.91. The van der Waals surface area contributed by atoms with Gasteiger partial charge in [0.25, 0.3) is 0 Å². The van der Waals surface area contributed by atoms with Gasteiger partial charge in [-0.3, -0.25) is 5.10 Å². The van der Waals surface area contributed by atoms with Crippen molar-refractivity contribution in [2.75, 3.05) is 0 Å². The summed E-state index contributed by atoms with van der Waals surface area (Å²) in [5.74, 6) is 0. The summed E-state index contributed by atoms with van der Waals surface area (Å²) in [6, 6.07) is 16.8. The van der Waals surface area contributed by atoms with E-state index in [0.717, 1.165) is 16.6 Å². The van der Waals surface area contributed by atoms with Crippen molar-refractivity contribution in [3.63, 3.8) is 0 Å². The van der Waals surface area contributed by atoms with Gasteiger partial charge in [0, 0.05) is 17.3 Å². The number of aromatic amines is 1. The molecule has 0 bridgehead atoms. The quantitative estimate of drug-likeness (QED) is 0.536. The zero-order valence-corrected chi connectivity index (χ0v) is 9.67. The summed E-state index contributed by atoms with van der Waals surface area (Å²) in [5.41, 5.74) is 3.45. The molecule has 0 spiro atoms. The lowest BCUT2D eigenvalue weighted by molar-refractivity contribution is 1.12. The standard InChI is InChI=1S/C15H11N3/c1-2-4-15-11(3-1)7-8-18(15)13-5-6-14-12(9-13)10-16-17-14/h1-10H,(H,16,17). The van der Waals surface area contributed by atoms with Gasteiger partial charge in [-0.2, -0.15) is 5.10 Å². The van der Waals surface area contributed by atoms with E-state index < -0.39 is 0 Å². The van der Waals surface area contributed by atoms with Crippen LogP contribution in [-0.4, -0.2) is 14.8 Å². The van der Waals surface area contributed by atoms with Gasteiger partial charge in [0.1, 0.15) is 0 Å². The maximum absolute atomic E-state index is 4.05. The predicted octanol–water partition coefficient (Wildman–Crippen LogP) is 3.51. The lowest BCUT2D eigenvalue weighted by atomic mass is 10.2. The summed E-state index contributed by atoms with van der Waals surface area (Å²) in [4.78, 5) is 0. The molecule has 0 fully saturated rings. The van der Waals surface area contributed by atoms with Crippen LogP contribution in [0, 0.1) is 0 Å².